The number of carbonyl (C=O) groups is 3. The Balaban J connectivity index is 2.02. The fraction of sp³-hybridized carbons (Fsp3) is 0.312. The monoisotopic (exact) mass is 350 g/mol. The number of anilines is 1. The Morgan fingerprint density at radius 3 is 2.92 bits per heavy atom. The van der Waals surface area contributed by atoms with E-state index in [-0.39, 0.29) is 30.7 Å². The minimum absolute atomic E-state index is 0.172. The second-order valence-corrected chi connectivity index (χ2v) is 5.78. The number of esters is 1. The first-order chi connectivity index (χ1) is 11.5. The molecule has 0 bridgehead atoms. The van der Waals surface area contributed by atoms with Gasteiger partial charge >= 0.3 is 5.97 Å². The van der Waals surface area contributed by atoms with Gasteiger partial charge in [0.15, 0.2) is 0 Å². The summed E-state index contributed by atoms with van der Waals surface area (Å²) in [6.07, 6.45) is 1.23. The maximum absolute atomic E-state index is 12.2. The maximum Gasteiger partial charge on any atom is 0.333 e. The van der Waals surface area contributed by atoms with E-state index in [2.05, 4.69) is 5.32 Å². The second-order valence-electron chi connectivity index (χ2n) is 4.78. The number of hydrogen-bond acceptors (Lipinski definition) is 6. The van der Waals surface area contributed by atoms with E-state index in [0.29, 0.717) is 16.5 Å². The third kappa shape index (κ3) is 4.76. The number of thioether (sulfide) groups is 1. The molecule has 1 saturated heterocycles. The van der Waals surface area contributed by atoms with Crippen molar-refractivity contribution in [2.45, 2.75) is 6.92 Å². The van der Waals surface area contributed by atoms with Gasteiger partial charge in [-0.05, 0) is 19.1 Å². The van der Waals surface area contributed by atoms with Gasteiger partial charge in [0.2, 0.25) is 11.8 Å². The van der Waals surface area contributed by atoms with E-state index in [9.17, 15) is 14.4 Å². The first-order valence-electron chi connectivity index (χ1n) is 7.29. The smallest absolute Gasteiger partial charge is 0.333 e. The average molecular weight is 350 g/mol. The molecule has 0 spiro atoms. The summed E-state index contributed by atoms with van der Waals surface area (Å²) in [4.78, 5) is 36.9. The molecule has 1 aromatic carbocycles. The lowest BCUT2D eigenvalue weighted by molar-refractivity contribution is -0.137. The van der Waals surface area contributed by atoms with Crippen LogP contribution in [-0.2, 0) is 19.1 Å². The third-order valence-corrected chi connectivity index (χ3v) is 4.12. The molecule has 1 N–H and O–H groups in total. The van der Waals surface area contributed by atoms with Crippen LogP contribution in [-0.4, -0.2) is 48.7 Å². The van der Waals surface area contributed by atoms with Gasteiger partial charge in [-0.25, -0.2) is 4.79 Å². The van der Waals surface area contributed by atoms with Crippen LogP contribution in [0.3, 0.4) is 0 Å². The lowest BCUT2D eigenvalue weighted by Gasteiger charge is -2.16. The summed E-state index contributed by atoms with van der Waals surface area (Å²) in [7, 11) is 1.54. The van der Waals surface area contributed by atoms with Crippen LogP contribution < -0.4 is 10.1 Å². The van der Waals surface area contributed by atoms with Crippen LogP contribution in [0.25, 0.3) is 0 Å². The van der Waals surface area contributed by atoms with Crippen molar-refractivity contribution in [1.29, 1.82) is 0 Å². The molecule has 1 aromatic rings. The molecule has 0 atom stereocenters. The zero-order valence-electron chi connectivity index (χ0n) is 13.4. The number of carbonyl (C=O) groups excluding carboxylic acids is 3. The second kappa shape index (κ2) is 8.39. The van der Waals surface area contributed by atoms with Crippen molar-refractivity contribution in [3.63, 3.8) is 0 Å². The van der Waals surface area contributed by atoms with Gasteiger partial charge in [0.05, 0.1) is 30.6 Å². The molecule has 2 amide bonds. The number of benzene rings is 1. The number of amides is 2. The zero-order valence-corrected chi connectivity index (χ0v) is 14.2. The Bertz CT molecular complexity index is 674. The van der Waals surface area contributed by atoms with E-state index in [1.165, 1.54) is 29.8 Å². The van der Waals surface area contributed by atoms with E-state index in [4.69, 9.17) is 9.47 Å². The molecule has 1 heterocycles. The molecule has 0 aromatic heterocycles. The highest BCUT2D eigenvalue weighted by Gasteiger charge is 2.29. The van der Waals surface area contributed by atoms with Crippen LogP contribution >= 0.6 is 11.8 Å². The number of nitrogens with one attached hydrogen (secondary N) is 1. The van der Waals surface area contributed by atoms with Crippen LogP contribution in [0, 0.1) is 0 Å². The lowest BCUT2D eigenvalue weighted by atomic mass is 10.3. The van der Waals surface area contributed by atoms with Gasteiger partial charge in [-0.15, -0.1) is 0 Å². The fourth-order valence-electron chi connectivity index (χ4n) is 2.03. The van der Waals surface area contributed by atoms with Gasteiger partial charge in [0, 0.05) is 11.8 Å². The van der Waals surface area contributed by atoms with Crippen molar-refractivity contribution in [2.75, 3.05) is 31.3 Å². The van der Waals surface area contributed by atoms with Crippen molar-refractivity contribution in [3.05, 3.63) is 35.4 Å². The number of rotatable bonds is 6. The molecule has 128 valence electrons. The van der Waals surface area contributed by atoms with Crippen molar-refractivity contribution >= 4 is 35.2 Å². The van der Waals surface area contributed by atoms with Crippen LogP contribution in [0.15, 0.2) is 35.4 Å². The molecule has 0 aliphatic carbocycles. The molecule has 1 aliphatic rings. The first-order valence-corrected chi connectivity index (χ1v) is 8.27. The van der Waals surface area contributed by atoms with E-state index >= 15 is 0 Å². The predicted octanol–water partition coefficient (Wildman–Crippen LogP) is 1.61. The summed E-state index contributed by atoms with van der Waals surface area (Å²) < 4.78 is 9.92. The molecule has 8 heteroatoms. The summed E-state index contributed by atoms with van der Waals surface area (Å²) in [6.45, 7) is 1.77. The molecule has 7 nitrogen and oxygen atoms in total. The SMILES string of the molecule is CCOC(=O)/C=C1\SCC(=O)N1CC(=O)Nc1cccc(OC)c1. The zero-order chi connectivity index (χ0) is 17.5. The Morgan fingerprint density at radius 1 is 1.42 bits per heavy atom. The minimum Gasteiger partial charge on any atom is -0.497 e. The van der Waals surface area contributed by atoms with Crippen molar-refractivity contribution in [1.82, 2.24) is 4.90 Å². The molecule has 0 unspecified atom stereocenters. The van der Waals surface area contributed by atoms with Crippen molar-refractivity contribution in [2.24, 2.45) is 0 Å². The van der Waals surface area contributed by atoms with Crippen LogP contribution in [0.4, 0.5) is 5.69 Å². The summed E-state index contributed by atoms with van der Waals surface area (Å²) >= 11 is 1.20. The molecule has 24 heavy (non-hydrogen) atoms. The highest BCUT2D eigenvalue weighted by Crippen LogP contribution is 2.28. The normalized spacial score (nSPS) is 15.5. The molecule has 0 radical (unpaired) electrons. The maximum atomic E-state index is 12.2. The molecule has 1 aliphatic heterocycles. The number of nitrogens with zero attached hydrogens (tertiary/aromatic N) is 1. The molecular formula is C16H18N2O5S. The minimum atomic E-state index is -0.534. The Labute approximate surface area is 144 Å². The van der Waals surface area contributed by atoms with Gasteiger partial charge in [0.1, 0.15) is 12.3 Å². The van der Waals surface area contributed by atoms with Gasteiger partial charge in [-0.2, -0.15) is 0 Å². The number of methoxy groups -OCH3 is 1. The van der Waals surface area contributed by atoms with E-state index in [1.54, 1.807) is 31.2 Å². The van der Waals surface area contributed by atoms with Crippen LogP contribution in [0.2, 0.25) is 0 Å². The van der Waals surface area contributed by atoms with Gasteiger partial charge in [0.25, 0.3) is 0 Å². The van der Waals surface area contributed by atoms with Crippen molar-refractivity contribution < 1.29 is 23.9 Å². The largest absolute Gasteiger partial charge is 0.497 e. The third-order valence-electron chi connectivity index (χ3n) is 3.09. The fourth-order valence-corrected chi connectivity index (χ4v) is 2.96. The molecule has 1 fully saturated rings. The van der Waals surface area contributed by atoms with Gasteiger partial charge < -0.3 is 14.8 Å². The lowest BCUT2D eigenvalue weighted by Crippen LogP contribution is -2.34. The Kier molecular flexibility index (Phi) is 6.25. The highest BCUT2D eigenvalue weighted by molar-refractivity contribution is 8.04. The first kappa shape index (κ1) is 17.9. The average Bonchev–Trinajstić information content (AvgIpc) is 2.88. The van der Waals surface area contributed by atoms with Crippen molar-refractivity contribution in [3.8, 4) is 5.75 Å². The number of hydrogen-bond donors (Lipinski definition) is 1. The predicted molar refractivity (Wildman–Crippen MR) is 90.5 cm³/mol. The Morgan fingerprint density at radius 2 is 2.21 bits per heavy atom. The van der Waals surface area contributed by atoms with Gasteiger partial charge in [-0.3, -0.25) is 14.5 Å². The topological polar surface area (TPSA) is 84.9 Å². The quantitative estimate of drug-likeness (QED) is 0.620. The summed E-state index contributed by atoms with van der Waals surface area (Å²) in [6, 6.07) is 6.90. The van der Waals surface area contributed by atoms with E-state index in [1.807, 2.05) is 0 Å². The molecule has 2 rings (SSSR count). The van der Waals surface area contributed by atoms with E-state index < -0.39 is 5.97 Å². The highest BCUT2D eigenvalue weighted by atomic mass is 32.2. The van der Waals surface area contributed by atoms with Gasteiger partial charge in [-0.1, -0.05) is 17.8 Å². The standard InChI is InChI=1S/C16H18N2O5S/c1-3-23-16(21)8-15-18(14(20)10-24-15)9-13(19)17-11-5-4-6-12(7-11)22-2/h4-8H,3,9-10H2,1-2H3,(H,17,19)/b15-8-. The summed E-state index contributed by atoms with van der Waals surface area (Å²) in [5.41, 5.74) is 0.564. The number of ether oxygens (including phenoxy) is 2. The van der Waals surface area contributed by atoms with Crippen LogP contribution in [0.1, 0.15) is 6.92 Å². The molecule has 0 saturated carbocycles. The van der Waals surface area contributed by atoms with Crippen LogP contribution in [0.5, 0.6) is 5.75 Å². The Hall–Kier alpha value is -2.48. The summed E-state index contributed by atoms with van der Waals surface area (Å²) in [5, 5.41) is 3.11. The van der Waals surface area contributed by atoms with E-state index in [0.717, 1.165) is 0 Å². The molecular weight excluding hydrogens is 332 g/mol. The summed E-state index contributed by atoms with van der Waals surface area (Å²) in [5.74, 6) is -0.320.